The van der Waals surface area contributed by atoms with Crippen LogP contribution in [0.4, 0.5) is 5.88 Å². The number of sulfone groups is 1. The van der Waals surface area contributed by atoms with Gasteiger partial charge in [-0.2, -0.15) is 4.98 Å². The highest BCUT2D eigenvalue weighted by Crippen LogP contribution is 2.36. The molecule has 1 aliphatic heterocycles. The number of aromatic nitrogens is 1. The molecule has 27 heavy (non-hydrogen) atoms. The lowest BCUT2D eigenvalue weighted by Gasteiger charge is -2.30. The summed E-state index contributed by atoms with van der Waals surface area (Å²) >= 11 is 5.90. The van der Waals surface area contributed by atoms with Gasteiger partial charge in [0.2, 0.25) is 20.7 Å². The molecule has 4 rings (SSSR count). The second kappa shape index (κ2) is 7.05. The first-order chi connectivity index (χ1) is 12.9. The maximum Gasteiger partial charge on any atom is 0.266 e. The van der Waals surface area contributed by atoms with Gasteiger partial charge in [0.1, 0.15) is 0 Å². The van der Waals surface area contributed by atoms with Crippen molar-refractivity contribution in [1.29, 1.82) is 0 Å². The number of rotatable bonds is 4. The molecule has 0 bridgehead atoms. The molecule has 0 unspecified atom stereocenters. The van der Waals surface area contributed by atoms with Crippen LogP contribution in [0.2, 0.25) is 5.02 Å². The van der Waals surface area contributed by atoms with Crippen molar-refractivity contribution in [2.24, 2.45) is 5.92 Å². The van der Waals surface area contributed by atoms with Gasteiger partial charge in [-0.25, -0.2) is 8.42 Å². The number of halogens is 1. The zero-order valence-corrected chi connectivity index (χ0v) is 16.3. The number of hydrogen-bond acceptors (Lipinski definition) is 6. The summed E-state index contributed by atoms with van der Waals surface area (Å²) in [4.78, 5) is 6.36. The number of oxazole rings is 1. The van der Waals surface area contributed by atoms with E-state index in [1.54, 1.807) is 24.3 Å². The molecule has 0 N–H and O–H groups in total. The molecule has 2 aromatic heterocycles. The van der Waals surface area contributed by atoms with E-state index in [9.17, 15) is 8.42 Å². The van der Waals surface area contributed by atoms with Crippen molar-refractivity contribution in [2.45, 2.75) is 29.7 Å². The molecule has 0 amide bonds. The number of anilines is 1. The van der Waals surface area contributed by atoms with Crippen LogP contribution in [0.3, 0.4) is 0 Å². The van der Waals surface area contributed by atoms with Crippen LogP contribution in [-0.4, -0.2) is 26.5 Å². The predicted molar refractivity (Wildman–Crippen MR) is 102 cm³/mol. The molecule has 0 atom stereocenters. The minimum absolute atomic E-state index is 0.0919. The first kappa shape index (κ1) is 18.1. The fourth-order valence-electron chi connectivity index (χ4n) is 3.12. The van der Waals surface area contributed by atoms with Crippen LogP contribution in [-0.2, 0) is 9.84 Å². The molecule has 142 valence electrons. The number of benzene rings is 1. The topological polar surface area (TPSA) is 76.6 Å². The predicted octanol–water partition coefficient (Wildman–Crippen LogP) is 4.66. The molecule has 0 aliphatic carbocycles. The molecule has 1 fully saturated rings. The highest BCUT2D eigenvalue weighted by Gasteiger charge is 2.33. The zero-order chi connectivity index (χ0) is 19.0. The average molecular weight is 407 g/mol. The van der Waals surface area contributed by atoms with Crippen LogP contribution in [0.25, 0.3) is 11.7 Å². The van der Waals surface area contributed by atoms with Crippen LogP contribution >= 0.6 is 11.6 Å². The second-order valence-electron chi connectivity index (χ2n) is 6.73. The molecular formula is C19H19ClN2O4S. The summed E-state index contributed by atoms with van der Waals surface area (Å²) < 4.78 is 37.7. The van der Waals surface area contributed by atoms with Gasteiger partial charge >= 0.3 is 0 Å². The average Bonchev–Trinajstić information content (AvgIpc) is 3.33. The Hall–Kier alpha value is -2.25. The third kappa shape index (κ3) is 3.49. The molecule has 0 radical (unpaired) electrons. The van der Waals surface area contributed by atoms with Crippen molar-refractivity contribution >= 4 is 27.3 Å². The Bertz CT molecular complexity index is 1020. The van der Waals surface area contributed by atoms with Gasteiger partial charge in [0.05, 0.1) is 11.2 Å². The lowest BCUT2D eigenvalue weighted by molar-refractivity contribution is 0.413. The van der Waals surface area contributed by atoms with Gasteiger partial charge in [-0.05, 0) is 55.2 Å². The van der Waals surface area contributed by atoms with E-state index in [1.807, 2.05) is 4.90 Å². The minimum Gasteiger partial charge on any atom is -0.459 e. The van der Waals surface area contributed by atoms with E-state index in [1.165, 1.54) is 18.4 Å². The highest BCUT2D eigenvalue weighted by molar-refractivity contribution is 7.91. The molecule has 3 heterocycles. The number of piperidine rings is 1. The van der Waals surface area contributed by atoms with E-state index < -0.39 is 9.84 Å². The standard InChI is InChI=1S/C19H19ClN2O4S/c1-13-8-10-22(11-9-13)19-18(21-17(26-19)16-3-2-12-25-16)27(23,24)15-6-4-14(20)5-7-15/h2-7,12-13H,8-11H2,1H3. The van der Waals surface area contributed by atoms with Crippen molar-refractivity contribution in [1.82, 2.24) is 4.98 Å². The summed E-state index contributed by atoms with van der Waals surface area (Å²) in [5, 5.41) is 0.376. The molecule has 1 saturated heterocycles. The van der Waals surface area contributed by atoms with Gasteiger partial charge in [0.15, 0.2) is 5.76 Å². The fraction of sp³-hybridized carbons (Fsp3) is 0.316. The van der Waals surface area contributed by atoms with Gasteiger partial charge in [-0.1, -0.05) is 18.5 Å². The summed E-state index contributed by atoms with van der Waals surface area (Å²) in [6, 6.07) is 9.43. The quantitative estimate of drug-likeness (QED) is 0.627. The maximum absolute atomic E-state index is 13.2. The largest absolute Gasteiger partial charge is 0.459 e. The molecule has 6 nitrogen and oxygen atoms in total. The van der Waals surface area contributed by atoms with Crippen LogP contribution < -0.4 is 4.90 Å². The number of furan rings is 1. The van der Waals surface area contributed by atoms with E-state index in [0.29, 0.717) is 16.7 Å². The van der Waals surface area contributed by atoms with E-state index in [2.05, 4.69) is 11.9 Å². The summed E-state index contributed by atoms with van der Waals surface area (Å²) in [6.07, 6.45) is 3.43. The Balaban J connectivity index is 1.81. The highest BCUT2D eigenvalue weighted by atomic mass is 35.5. The second-order valence-corrected chi connectivity index (χ2v) is 9.03. The van der Waals surface area contributed by atoms with Crippen LogP contribution in [0.1, 0.15) is 19.8 Å². The smallest absolute Gasteiger partial charge is 0.266 e. The Morgan fingerprint density at radius 2 is 1.85 bits per heavy atom. The van der Waals surface area contributed by atoms with Crippen LogP contribution in [0, 0.1) is 5.92 Å². The summed E-state index contributed by atoms with van der Waals surface area (Å²) in [5.41, 5.74) is 0. The van der Waals surface area contributed by atoms with Crippen LogP contribution in [0.15, 0.2) is 61.4 Å². The van der Waals surface area contributed by atoms with Gasteiger partial charge in [0.25, 0.3) is 5.89 Å². The van der Waals surface area contributed by atoms with E-state index in [4.69, 9.17) is 20.4 Å². The van der Waals surface area contributed by atoms with Crippen molar-refractivity contribution < 1.29 is 17.3 Å². The molecule has 0 saturated carbocycles. The summed E-state index contributed by atoms with van der Waals surface area (Å²) in [5.74, 6) is 1.41. The lowest BCUT2D eigenvalue weighted by Crippen LogP contribution is -2.33. The molecule has 3 aromatic rings. The molecule has 1 aliphatic rings. The van der Waals surface area contributed by atoms with Gasteiger partial charge < -0.3 is 13.7 Å². The third-order valence-corrected chi connectivity index (χ3v) is 6.68. The zero-order valence-electron chi connectivity index (χ0n) is 14.8. The van der Waals surface area contributed by atoms with Gasteiger partial charge in [-0.15, -0.1) is 0 Å². The first-order valence-electron chi connectivity index (χ1n) is 8.75. The van der Waals surface area contributed by atoms with Crippen LogP contribution in [0.5, 0.6) is 0 Å². The van der Waals surface area contributed by atoms with E-state index in [-0.39, 0.29) is 21.7 Å². The SMILES string of the molecule is CC1CCN(c2oc(-c3ccco3)nc2S(=O)(=O)c2ccc(Cl)cc2)CC1. The van der Waals surface area contributed by atoms with Crippen molar-refractivity contribution in [2.75, 3.05) is 18.0 Å². The Labute approximate surface area is 162 Å². The van der Waals surface area contributed by atoms with Gasteiger partial charge in [0, 0.05) is 18.1 Å². The molecular weight excluding hydrogens is 388 g/mol. The summed E-state index contributed by atoms with van der Waals surface area (Å²) in [6.45, 7) is 3.63. The Morgan fingerprint density at radius 1 is 1.15 bits per heavy atom. The molecule has 1 aromatic carbocycles. The van der Waals surface area contributed by atoms with Crippen molar-refractivity contribution in [3.63, 3.8) is 0 Å². The molecule has 0 spiro atoms. The minimum atomic E-state index is -3.87. The monoisotopic (exact) mass is 406 g/mol. The van der Waals surface area contributed by atoms with E-state index >= 15 is 0 Å². The Kier molecular flexibility index (Phi) is 4.74. The Morgan fingerprint density at radius 3 is 2.48 bits per heavy atom. The van der Waals surface area contributed by atoms with Crippen molar-refractivity contribution in [3.8, 4) is 11.7 Å². The maximum atomic E-state index is 13.2. The normalized spacial score (nSPS) is 16.0. The number of hydrogen-bond donors (Lipinski definition) is 0. The van der Waals surface area contributed by atoms with Crippen molar-refractivity contribution in [3.05, 3.63) is 47.7 Å². The van der Waals surface area contributed by atoms with E-state index in [0.717, 1.165) is 25.9 Å². The third-order valence-electron chi connectivity index (χ3n) is 4.76. The fourth-order valence-corrected chi connectivity index (χ4v) is 4.56. The lowest BCUT2D eigenvalue weighted by atomic mass is 9.99. The van der Waals surface area contributed by atoms with Gasteiger partial charge in [-0.3, -0.25) is 0 Å². The molecule has 8 heteroatoms. The summed E-state index contributed by atoms with van der Waals surface area (Å²) in [7, 11) is -3.87. The number of nitrogens with zero attached hydrogens (tertiary/aromatic N) is 2. The first-order valence-corrected chi connectivity index (χ1v) is 10.6.